The van der Waals surface area contributed by atoms with Gasteiger partial charge in [0, 0.05) is 0 Å². The first-order valence-corrected chi connectivity index (χ1v) is 13.4. The van der Waals surface area contributed by atoms with Crippen LogP contribution in [0, 0.1) is 0 Å². The number of imidazole rings is 1. The van der Waals surface area contributed by atoms with E-state index in [1.165, 1.54) is 77.0 Å². The van der Waals surface area contributed by atoms with Crippen LogP contribution < -0.4 is 0 Å². The van der Waals surface area contributed by atoms with Crippen molar-refractivity contribution in [1.29, 1.82) is 0 Å². The zero-order chi connectivity index (χ0) is 21.5. The number of rotatable bonds is 18. The molecule has 6 heteroatoms. The van der Waals surface area contributed by atoms with E-state index in [-0.39, 0.29) is 11.8 Å². The van der Waals surface area contributed by atoms with Gasteiger partial charge in [-0.25, -0.2) is 4.98 Å². The van der Waals surface area contributed by atoms with E-state index in [0.717, 1.165) is 19.3 Å². The van der Waals surface area contributed by atoms with Crippen molar-refractivity contribution >= 4 is 21.2 Å². The van der Waals surface area contributed by atoms with Crippen molar-refractivity contribution in [3.05, 3.63) is 24.3 Å². The van der Waals surface area contributed by atoms with Gasteiger partial charge >= 0.3 is 10.1 Å². The maximum absolute atomic E-state index is 12.2. The van der Waals surface area contributed by atoms with Gasteiger partial charge in [0.15, 0.2) is 0 Å². The number of para-hydroxylation sites is 2. The molecule has 0 aliphatic heterocycles. The first-order valence-electron chi connectivity index (χ1n) is 12.0. The van der Waals surface area contributed by atoms with E-state index in [1.54, 1.807) is 12.1 Å². The molecule has 0 amide bonds. The van der Waals surface area contributed by atoms with Gasteiger partial charge in [0.1, 0.15) is 0 Å². The third kappa shape index (κ3) is 9.61. The average Bonchev–Trinajstić information content (AvgIpc) is 3.19. The first kappa shape index (κ1) is 24.9. The van der Waals surface area contributed by atoms with Crippen LogP contribution in [0.25, 0.3) is 11.0 Å². The lowest BCUT2D eigenvalue weighted by molar-refractivity contribution is 0.303. The minimum atomic E-state index is -3.81. The largest absolute Gasteiger partial charge is 0.331 e. The van der Waals surface area contributed by atoms with Crippen molar-refractivity contribution in [3.63, 3.8) is 0 Å². The van der Waals surface area contributed by atoms with E-state index in [9.17, 15) is 8.42 Å². The molecule has 0 aliphatic carbocycles. The Morgan fingerprint density at radius 1 is 0.767 bits per heavy atom. The Morgan fingerprint density at radius 3 is 1.80 bits per heavy atom. The molecule has 0 radical (unpaired) electrons. The van der Waals surface area contributed by atoms with Gasteiger partial charge in [-0.05, 0) is 18.6 Å². The van der Waals surface area contributed by atoms with Crippen molar-refractivity contribution in [2.45, 2.75) is 108 Å². The molecule has 0 fully saturated rings. The standard InChI is InChI=1S/C24H40N2O3S/c1-2-3-4-5-6-7-8-9-10-11-12-13-14-15-18-21-29-30(27,28)24-25-22-19-16-17-20-23(22)26-24/h16-17,19-20H,2-15,18,21H2,1H3,(H,25,26). The predicted molar refractivity (Wildman–Crippen MR) is 124 cm³/mol. The van der Waals surface area contributed by atoms with Crippen LogP contribution in [0.15, 0.2) is 29.4 Å². The second-order valence-corrected chi connectivity index (χ2v) is 9.82. The Balaban J connectivity index is 1.42. The lowest BCUT2D eigenvalue weighted by Gasteiger charge is -2.04. The van der Waals surface area contributed by atoms with Gasteiger partial charge in [0.2, 0.25) is 0 Å². The summed E-state index contributed by atoms with van der Waals surface area (Å²) in [7, 11) is -3.81. The zero-order valence-corrected chi connectivity index (χ0v) is 19.5. The fourth-order valence-electron chi connectivity index (χ4n) is 3.75. The number of aromatic nitrogens is 2. The van der Waals surface area contributed by atoms with Crippen molar-refractivity contribution in [1.82, 2.24) is 9.97 Å². The average molecular weight is 437 g/mol. The summed E-state index contributed by atoms with van der Waals surface area (Å²) in [4.78, 5) is 6.92. The number of nitrogens with zero attached hydrogens (tertiary/aromatic N) is 1. The summed E-state index contributed by atoms with van der Waals surface area (Å²) in [5, 5.41) is -0.107. The SMILES string of the molecule is CCCCCCCCCCCCCCCCCOS(=O)(=O)c1nc2ccccc2[nH]1. The van der Waals surface area contributed by atoms with Crippen LogP contribution in [0.2, 0.25) is 0 Å². The summed E-state index contributed by atoms with van der Waals surface area (Å²) in [6.45, 7) is 2.49. The van der Waals surface area contributed by atoms with Gasteiger partial charge in [-0.2, -0.15) is 8.42 Å². The number of unbranched alkanes of at least 4 members (excludes halogenated alkanes) is 14. The Morgan fingerprint density at radius 2 is 1.27 bits per heavy atom. The molecule has 5 nitrogen and oxygen atoms in total. The van der Waals surface area contributed by atoms with Crippen LogP contribution in [0.3, 0.4) is 0 Å². The molecule has 0 saturated carbocycles. The number of hydrogen-bond acceptors (Lipinski definition) is 4. The molecule has 2 aromatic rings. The topological polar surface area (TPSA) is 72.1 Å². The summed E-state index contributed by atoms with van der Waals surface area (Å²) in [6.07, 6.45) is 19.2. The third-order valence-electron chi connectivity index (χ3n) is 5.59. The number of benzene rings is 1. The normalized spacial score (nSPS) is 12.0. The Bertz CT molecular complexity index is 769. The number of fused-ring (bicyclic) bond motifs is 1. The van der Waals surface area contributed by atoms with E-state index in [1.807, 2.05) is 12.1 Å². The maximum Gasteiger partial charge on any atom is 0.331 e. The van der Waals surface area contributed by atoms with Gasteiger partial charge in [0.25, 0.3) is 5.16 Å². The number of hydrogen-bond donors (Lipinski definition) is 1. The summed E-state index contributed by atoms with van der Waals surface area (Å²) < 4.78 is 29.6. The summed E-state index contributed by atoms with van der Waals surface area (Å²) in [6, 6.07) is 7.25. The summed E-state index contributed by atoms with van der Waals surface area (Å²) in [5.74, 6) is 0. The minimum Gasteiger partial charge on any atom is -0.327 e. The molecule has 1 aromatic heterocycles. The molecule has 0 aliphatic rings. The molecular weight excluding hydrogens is 396 g/mol. The fourth-order valence-corrected chi connectivity index (χ4v) is 4.64. The van der Waals surface area contributed by atoms with Gasteiger partial charge in [-0.1, -0.05) is 109 Å². The fraction of sp³-hybridized carbons (Fsp3) is 0.708. The lowest BCUT2D eigenvalue weighted by atomic mass is 10.0. The minimum absolute atomic E-state index is 0.107. The van der Waals surface area contributed by atoms with E-state index in [4.69, 9.17) is 4.18 Å². The van der Waals surface area contributed by atoms with Gasteiger partial charge in [-0.15, -0.1) is 0 Å². The number of aromatic amines is 1. The van der Waals surface area contributed by atoms with Crippen molar-refractivity contribution in [2.24, 2.45) is 0 Å². The van der Waals surface area contributed by atoms with Crippen molar-refractivity contribution < 1.29 is 12.6 Å². The molecule has 0 spiro atoms. The van der Waals surface area contributed by atoms with E-state index in [2.05, 4.69) is 16.9 Å². The highest BCUT2D eigenvalue weighted by Crippen LogP contribution is 2.17. The number of nitrogens with one attached hydrogen (secondary N) is 1. The lowest BCUT2D eigenvalue weighted by Crippen LogP contribution is -2.09. The highest BCUT2D eigenvalue weighted by atomic mass is 32.2. The highest BCUT2D eigenvalue weighted by molar-refractivity contribution is 7.86. The summed E-state index contributed by atoms with van der Waals surface area (Å²) >= 11 is 0. The van der Waals surface area contributed by atoms with E-state index >= 15 is 0 Å². The van der Waals surface area contributed by atoms with Crippen molar-refractivity contribution in [3.8, 4) is 0 Å². The van der Waals surface area contributed by atoms with Crippen molar-refractivity contribution in [2.75, 3.05) is 6.61 Å². The molecule has 170 valence electrons. The van der Waals surface area contributed by atoms with Gasteiger partial charge in [-0.3, -0.25) is 4.18 Å². The van der Waals surface area contributed by atoms with Crippen LogP contribution in [0.1, 0.15) is 103 Å². The smallest absolute Gasteiger partial charge is 0.327 e. The van der Waals surface area contributed by atoms with Gasteiger partial charge in [0.05, 0.1) is 17.6 Å². The molecular formula is C24H40N2O3S. The monoisotopic (exact) mass is 436 g/mol. The maximum atomic E-state index is 12.2. The van der Waals surface area contributed by atoms with Gasteiger partial charge < -0.3 is 4.98 Å². The molecule has 2 rings (SSSR count). The first-order chi connectivity index (χ1) is 14.6. The Kier molecular flexibility index (Phi) is 12.1. The van der Waals surface area contributed by atoms with Crippen LogP contribution in [-0.2, 0) is 14.3 Å². The predicted octanol–water partition coefficient (Wildman–Crippen LogP) is 7.14. The zero-order valence-electron chi connectivity index (χ0n) is 18.7. The highest BCUT2D eigenvalue weighted by Gasteiger charge is 2.19. The number of H-pyrrole nitrogens is 1. The van der Waals surface area contributed by atoms with E-state index in [0.29, 0.717) is 11.0 Å². The van der Waals surface area contributed by atoms with Crippen LogP contribution in [-0.4, -0.2) is 25.0 Å². The molecule has 30 heavy (non-hydrogen) atoms. The molecule has 1 aromatic carbocycles. The quantitative estimate of drug-likeness (QED) is 0.199. The molecule has 0 bridgehead atoms. The molecule has 0 saturated heterocycles. The Labute approximate surface area is 183 Å². The van der Waals surface area contributed by atoms with E-state index < -0.39 is 10.1 Å². The van der Waals surface area contributed by atoms with Crippen LogP contribution in [0.4, 0.5) is 0 Å². The van der Waals surface area contributed by atoms with Crippen LogP contribution in [0.5, 0.6) is 0 Å². The van der Waals surface area contributed by atoms with Crippen LogP contribution >= 0.6 is 0 Å². The Hall–Kier alpha value is -1.40. The molecule has 1 N–H and O–H groups in total. The third-order valence-corrected chi connectivity index (χ3v) is 6.73. The molecule has 1 heterocycles. The molecule has 0 unspecified atom stereocenters. The summed E-state index contributed by atoms with van der Waals surface area (Å²) in [5.41, 5.74) is 1.33. The second kappa shape index (κ2) is 14.6. The molecule has 0 atom stereocenters. The second-order valence-electron chi connectivity index (χ2n) is 8.28.